The second kappa shape index (κ2) is 7.94. The molecule has 3 nitrogen and oxygen atoms in total. The molecular weight excluding hydrogens is 406 g/mol. The molecule has 1 heterocycles. The van der Waals surface area contributed by atoms with Crippen molar-refractivity contribution >= 4 is 28.3 Å². The van der Waals surface area contributed by atoms with E-state index in [1.807, 2.05) is 30.5 Å². The van der Waals surface area contributed by atoms with Crippen LogP contribution in [0.2, 0.25) is 5.02 Å². The fourth-order valence-electron chi connectivity index (χ4n) is 5.66. The molecule has 0 unspecified atom stereocenters. The van der Waals surface area contributed by atoms with E-state index < -0.39 is 0 Å². The number of rotatable bonds is 5. The van der Waals surface area contributed by atoms with E-state index in [0.29, 0.717) is 23.1 Å². The standard InChI is InChI=1S/C27H28ClNO2/c1-17-13-24-22(15-26(17)31-2)21(9-12-29-24)19-7-10-27(11-8-19)16-23(27)25(30)14-18-3-5-20(28)6-4-18/h3-6,9,12-13,15,19,23H,7-8,10-11,14,16H2,1-2H3/t19?,23-,27?/m1/s1. The molecule has 2 aromatic carbocycles. The van der Waals surface area contributed by atoms with Crippen LogP contribution >= 0.6 is 11.6 Å². The van der Waals surface area contributed by atoms with Crippen molar-refractivity contribution in [3.05, 3.63) is 70.4 Å². The molecule has 0 amide bonds. The van der Waals surface area contributed by atoms with E-state index in [1.165, 1.54) is 10.9 Å². The van der Waals surface area contributed by atoms with Crippen LogP contribution in [0.4, 0.5) is 0 Å². The quantitative estimate of drug-likeness (QED) is 0.450. The molecule has 2 aliphatic carbocycles. The lowest BCUT2D eigenvalue weighted by molar-refractivity contribution is -0.120. The Morgan fingerprint density at radius 2 is 1.90 bits per heavy atom. The van der Waals surface area contributed by atoms with E-state index in [1.54, 1.807) is 7.11 Å². The number of halogens is 1. The zero-order chi connectivity index (χ0) is 21.6. The predicted molar refractivity (Wildman–Crippen MR) is 125 cm³/mol. The molecule has 31 heavy (non-hydrogen) atoms. The summed E-state index contributed by atoms with van der Waals surface area (Å²) < 4.78 is 5.56. The van der Waals surface area contributed by atoms with E-state index in [9.17, 15) is 4.79 Å². The Labute approximate surface area is 188 Å². The zero-order valence-corrected chi connectivity index (χ0v) is 18.9. The van der Waals surface area contributed by atoms with Gasteiger partial charge in [-0.3, -0.25) is 9.78 Å². The van der Waals surface area contributed by atoms with Crippen LogP contribution in [0.3, 0.4) is 0 Å². The number of carbonyl (C=O) groups excluding carboxylic acids is 1. The van der Waals surface area contributed by atoms with Crippen molar-refractivity contribution in [3.8, 4) is 5.75 Å². The number of nitrogens with zero attached hydrogens (tertiary/aromatic N) is 1. The van der Waals surface area contributed by atoms with Crippen LogP contribution in [-0.2, 0) is 11.2 Å². The average Bonchev–Trinajstić information content (AvgIpc) is 3.48. The number of Topliss-reactive ketones (excluding diaryl/α,β-unsaturated/α-hetero) is 1. The lowest BCUT2D eigenvalue weighted by Gasteiger charge is -2.30. The number of fused-ring (bicyclic) bond motifs is 1. The minimum absolute atomic E-state index is 0.237. The molecule has 4 heteroatoms. The van der Waals surface area contributed by atoms with Gasteiger partial charge in [0.15, 0.2) is 0 Å². The number of methoxy groups -OCH3 is 1. The van der Waals surface area contributed by atoms with Gasteiger partial charge in [0.1, 0.15) is 11.5 Å². The van der Waals surface area contributed by atoms with E-state index in [0.717, 1.165) is 54.5 Å². The highest BCUT2D eigenvalue weighted by Gasteiger charge is 2.57. The highest BCUT2D eigenvalue weighted by Crippen LogP contribution is 2.63. The summed E-state index contributed by atoms with van der Waals surface area (Å²) in [6.45, 7) is 2.06. The number of aromatic nitrogens is 1. The molecular formula is C27H28ClNO2. The third kappa shape index (κ3) is 3.85. The molecule has 0 N–H and O–H groups in total. The molecule has 0 aliphatic heterocycles. The minimum Gasteiger partial charge on any atom is -0.496 e. The Kier molecular flexibility index (Phi) is 5.26. The maximum atomic E-state index is 12.9. The van der Waals surface area contributed by atoms with Gasteiger partial charge in [0.2, 0.25) is 0 Å². The fraction of sp³-hybridized carbons (Fsp3) is 0.407. The Bertz CT molecular complexity index is 1130. The average molecular weight is 434 g/mol. The number of benzene rings is 2. The minimum atomic E-state index is 0.237. The second-order valence-electron chi connectivity index (χ2n) is 9.40. The molecule has 3 aromatic rings. The fourth-order valence-corrected chi connectivity index (χ4v) is 5.79. The smallest absolute Gasteiger partial charge is 0.140 e. The van der Waals surface area contributed by atoms with Gasteiger partial charge in [0.05, 0.1) is 12.6 Å². The summed E-state index contributed by atoms with van der Waals surface area (Å²) in [5.41, 5.74) is 4.85. The topological polar surface area (TPSA) is 39.2 Å². The number of pyridine rings is 1. The highest BCUT2D eigenvalue weighted by atomic mass is 35.5. The summed E-state index contributed by atoms with van der Waals surface area (Å²) in [5.74, 6) is 2.08. The number of hydrogen-bond donors (Lipinski definition) is 0. The highest BCUT2D eigenvalue weighted by molar-refractivity contribution is 6.30. The van der Waals surface area contributed by atoms with Crippen LogP contribution in [0.25, 0.3) is 10.9 Å². The Balaban J connectivity index is 1.28. The number of ether oxygens (including phenoxy) is 1. The van der Waals surface area contributed by atoms with Crippen molar-refractivity contribution in [3.63, 3.8) is 0 Å². The normalized spacial score (nSPS) is 25.0. The molecule has 0 bridgehead atoms. The molecule has 1 aromatic heterocycles. The van der Waals surface area contributed by atoms with Gasteiger partial charge < -0.3 is 4.74 Å². The lowest BCUT2D eigenvalue weighted by atomic mass is 9.74. The first-order valence-electron chi connectivity index (χ1n) is 11.2. The van der Waals surface area contributed by atoms with Crippen LogP contribution in [0.1, 0.15) is 54.7 Å². The SMILES string of the molecule is COc1cc2c(C3CCC4(CC3)C[C@@H]4C(=O)Cc3ccc(Cl)cc3)ccnc2cc1C. The summed E-state index contributed by atoms with van der Waals surface area (Å²) >= 11 is 5.97. The monoisotopic (exact) mass is 433 g/mol. The summed E-state index contributed by atoms with van der Waals surface area (Å²) in [7, 11) is 1.73. The predicted octanol–water partition coefficient (Wildman–Crippen LogP) is 6.68. The summed E-state index contributed by atoms with van der Waals surface area (Å²) in [5, 5.41) is 1.92. The molecule has 1 spiro atoms. The van der Waals surface area contributed by atoms with Gasteiger partial charge in [-0.05, 0) is 97.4 Å². The van der Waals surface area contributed by atoms with Crippen molar-refractivity contribution in [2.45, 2.75) is 51.4 Å². The summed E-state index contributed by atoms with van der Waals surface area (Å²) in [4.78, 5) is 17.5. The van der Waals surface area contributed by atoms with E-state index in [-0.39, 0.29) is 11.3 Å². The molecule has 1 atom stereocenters. The van der Waals surface area contributed by atoms with Gasteiger partial charge in [-0.25, -0.2) is 0 Å². The van der Waals surface area contributed by atoms with Gasteiger partial charge in [0.25, 0.3) is 0 Å². The van der Waals surface area contributed by atoms with Crippen molar-refractivity contribution < 1.29 is 9.53 Å². The molecule has 2 fully saturated rings. The molecule has 0 saturated heterocycles. The second-order valence-corrected chi connectivity index (χ2v) is 9.84. The third-order valence-corrected chi connectivity index (χ3v) is 7.84. The van der Waals surface area contributed by atoms with E-state index in [2.05, 4.69) is 30.1 Å². The molecule has 160 valence electrons. The molecule has 0 radical (unpaired) electrons. The van der Waals surface area contributed by atoms with E-state index in [4.69, 9.17) is 16.3 Å². The maximum Gasteiger partial charge on any atom is 0.140 e. The first-order chi connectivity index (χ1) is 15.0. The molecule has 2 aliphatic rings. The van der Waals surface area contributed by atoms with Crippen molar-refractivity contribution in [1.29, 1.82) is 0 Å². The Morgan fingerprint density at radius 3 is 2.61 bits per heavy atom. The Hall–Kier alpha value is -2.39. The maximum absolute atomic E-state index is 12.9. The molecule has 2 saturated carbocycles. The number of hydrogen-bond acceptors (Lipinski definition) is 3. The van der Waals surface area contributed by atoms with Gasteiger partial charge in [-0.1, -0.05) is 23.7 Å². The van der Waals surface area contributed by atoms with Crippen molar-refractivity contribution in [2.75, 3.05) is 7.11 Å². The number of aryl methyl sites for hydroxylation is 1. The summed E-state index contributed by atoms with van der Waals surface area (Å²) in [6, 6.07) is 14.1. The zero-order valence-electron chi connectivity index (χ0n) is 18.2. The van der Waals surface area contributed by atoms with Crippen LogP contribution in [0.15, 0.2) is 48.7 Å². The third-order valence-electron chi connectivity index (χ3n) is 7.58. The van der Waals surface area contributed by atoms with Gasteiger partial charge in [-0.2, -0.15) is 0 Å². The first-order valence-corrected chi connectivity index (χ1v) is 11.6. The van der Waals surface area contributed by atoms with E-state index >= 15 is 0 Å². The number of ketones is 1. The van der Waals surface area contributed by atoms with Gasteiger partial charge >= 0.3 is 0 Å². The van der Waals surface area contributed by atoms with Crippen LogP contribution < -0.4 is 4.74 Å². The van der Waals surface area contributed by atoms with Crippen molar-refractivity contribution in [2.24, 2.45) is 11.3 Å². The van der Waals surface area contributed by atoms with Crippen LogP contribution in [0, 0.1) is 18.3 Å². The van der Waals surface area contributed by atoms with Crippen LogP contribution in [-0.4, -0.2) is 17.9 Å². The van der Waals surface area contributed by atoms with Crippen molar-refractivity contribution in [1.82, 2.24) is 4.98 Å². The number of carbonyl (C=O) groups is 1. The Morgan fingerprint density at radius 1 is 1.16 bits per heavy atom. The first kappa shape index (κ1) is 20.5. The van der Waals surface area contributed by atoms with Gasteiger partial charge in [0, 0.05) is 28.9 Å². The van der Waals surface area contributed by atoms with Gasteiger partial charge in [-0.15, -0.1) is 0 Å². The lowest BCUT2D eigenvalue weighted by Crippen LogP contribution is -2.20. The largest absolute Gasteiger partial charge is 0.496 e. The summed E-state index contributed by atoms with van der Waals surface area (Å²) in [6.07, 6.45) is 8.09. The van der Waals surface area contributed by atoms with Crippen LogP contribution in [0.5, 0.6) is 5.75 Å². The molecule has 5 rings (SSSR count).